The van der Waals surface area contributed by atoms with E-state index in [1.54, 1.807) is 0 Å². The van der Waals surface area contributed by atoms with Crippen LogP contribution in [0, 0.1) is 68.5 Å². The van der Waals surface area contributed by atoms with Gasteiger partial charge in [-0.25, -0.2) is 0 Å². The highest BCUT2D eigenvalue weighted by atomic mass is 15.1. The van der Waals surface area contributed by atoms with Crippen LogP contribution in [0.5, 0.6) is 0 Å². The predicted molar refractivity (Wildman–Crippen MR) is 94.1 cm³/mol. The third-order valence-electron chi connectivity index (χ3n) is 6.13. The van der Waals surface area contributed by atoms with E-state index in [-0.39, 0.29) is 23.5 Å². The van der Waals surface area contributed by atoms with Gasteiger partial charge in [-0.05, 0) is 37.3 Å². The van der Waals surface area contributed by atoms with Crippen LogP contribution in [0.25, 0.3) is 0 Å². The Balaban J connectivity index is 2.16. The van der Waals surface area contributed by atoms with Crippen molar-refractivity contribution in [3.05, 3.63) is 23.8 Å². The minimum absolute atomic E-state index is 0.0144. The second-order valence-electron chi connectivity index (χ2n) is 7.22. The molecule has 5 heteroatoms. The summed E-state index contributed by atoms with van der Waals surface area (Å²) in [6.45, 7) is 4.53. The molecule has 0 saturated heterocycles. The molecule has 1 saturated carbocycles. The van der Waals surface area contributed by atoms with Gasteiger partial charge in [0.1, 0.15) is 5.92 Å². The van der Waals surface area contributed by atoms with Crippen molar-refractivity contribution in [1.82, 2.24) is 4.90 Å². The molecule has 0 aromatic rings. The molecule has 1 aliphatic heterocycles. The molecule has 3 rings (SSSR count). The predicted octanol–water partition coefficient (Wildman–Crippen LogP) is 3.04. The molecule has 3 aliphatic rings. The second-order valence-corrected chi connectivity index (χ2v) is 7.22. The second kappa shape index (κ2) is 6.83. The zero-order valence-corrected chi connectivity index (χ0v) is 14.6. The maximum absolute atomic E-state index is 9.96. The van der Waals surface area contributed by atoms with Crippen molar-refractivity contribution in [2.45, 2.75) is 26.2 Å². The summed E-state index contributed by atoms with van der Waals surface area (Å²) in [6, 6.07) is 6.56. The van der Waals surface area contributed by atoms with Gasteiger partial charge in [0, 0.05) is 24.9 Å². The first kappa shape index (κ1) is 17.4. The van der Waals surface area contributed by atoms with Crippen LogP contribution in [-0.2, 0) is 0 Å². The number of rotatable bonds is 2. The van der Waals surface area contributed by atoms with E-state index in [1.165, 1.54) is 0 Å². The van der Waals surface area contributed by atoms with Gasteiger partial charge in [0.05, 0.1) is 23.9 Å². The SMILES string of the molecule is CCN1CC=C2C(C#N)C(=N)C(C#N)(C#N)C(C3C=CCCC3)C2C1. The summed E-state index contributed by atoms with van der Waals surface area (Å²) in [5.41, 5.74) is -0.565. The Hall–Kier alpha value is -2.42. The zero-order valence-electron chi connectivity index (χ0n) is 14.6. The first-order valence-corrected chi connectivity index (χ1v) is 9.02. The molecule has 0 amide bonds. The van der Waals surface area contributed by atoms with E-state index in [0.29, 0.717) is 0 Å². The molecule has 2 aliphatic carbocycles. The van der Waals surface area contributed by atoms with Gasteiger partial charge in [-0.2, -0.15) is 15.8 Å². The minimum atomic E-state index is -1.51. The third kappa shape index (κ3) is 2.58. The number of hydrogen-bond donors (Lipinski definition) is 1. The highest BCUT2D eigenvalue weighted by molar-refractivity contribution is 6.00. The van der Waals surface area contributed by atoms with Crippen molar-refractivity contribution in [2.75, 3.05) is 19.6 Å². The molecule has 5 nitrogen and oxygen atoms in total. The Bertz CT molecular complexity index is 728. The van der Waals surface area contributed by atoms with E-state index in [2.05, 4.69) is 48.3 Å². The Kier molecular flexibility index (Phi) is 4.76. The Morgan fingerprint density at radius 1 is 1.32 bits per heavy atom. The highest BCUT2D eigenvalue weighted by Crippen LogP contribution is 2.53. The van der Waals surface area contributed by atoms with E-state index in [0.717, 1.165) is 44.5 Å². The van der Waals surface area contributed by atoms with Crippen molar-refractivity contribution in [3.63, 3.8) is 0 Å². The Labute approximate surface area is 149 Å². The normalized spacial score (nSPS) is 34.2. The number of nitriles is 3. The van der Waals surface area contributed by atoms with Crippen molar-refractivity contribution in [3.8, 4) is 18.2 Å². The third-order valence-corrected chi connectivity index (χ3v) is 6.13. The summed E-state index contributed by atoms with van der Waals surface area (Å²) < 4.78 is 0. The fourth-order valence-electron chi connectivity index (χ4n) is 4.82. The fourth-order valence-corrected chi connectivity index (χ4v) is 4.82. The molecule has 0 bridgehead atoms. The van der Waals surface area contributed by atoms with E-state index in [9.17, 15) is 15.8 Å². The molecular weight excluding hydrogens is 310 g/mol. The Morgan fingerprint density at radius 3 is 2.64 bits per heavy atom. The molecule has 0 aromatic heterocycles. The lowest BCUT2D eigenvalue weighted by molar-refractivity contribution is 0.133. The van der Waals surface area contributed by atoms with Gasteiger partial charge in [0.2, 0.25) is 0 Å². The van der Waals surface area contributed by atoms with Crippen LogP contribution in [0.4, 0.5) is 0 Å². The molecule has 4 unspecified atom stereocenters. The molecule has 1 fully saturated rings. The highest BCUT2D eigenvalue weighted by Gasteiger charge is 2.58. The monoisotopic (exact) mass is 333 g/mol. The van der Waals surface area contributed by atoms with Gasteiger partial charge in [0.25, 0.3) is 0 Å². The van der Waals surface area contributed by atoms with Gasteiger partial charge in [-0.3, -0.25) is 4.90 Å². The first-order chi connectivity index (χ1) is 12.1. The lowest BCUT2D eigenvalue weighted by atomic mass is 9.52. The molecule has 0 spiro atoms. The van der Waals surface area contributed by atoms with Crippen LogP contribution >= 0.6 is 0 Å². The van der Waals surface area contributed by atoms with Gasteiger partial charge in [0.15, 0.2) is 5.41 Å². The number of nitrogens with one attached hydrogen (secondary N) is 1. The molecule has 1 heterocycles. The van der Waals surface area contributed by atoms with Gasteiger partial charge >= 0.3 is 0 Å². The summed E-state index contributed by atoms with van der Waals surface area (Å²) in [5.74, 6) is -0.901. The molecule has 4 atom stereocenters. The first-order valence-electron chi connectivity index (χ1n) is 9.02. The summed E-state index contributed by atoms with van der Waals surface area (Å²) >= 11 is 0. The van der Waals surface area contributed by atoms with Gasteiger partial charge in [-0.1, -0.05) is 25.2 Å². The fraction of sp³-hybridized carbons (Fsp3) is 0.600. The zero-order chi connectivity index (χ0) is 18.0. The summed E-state index contributed by atoms with van der Waals surface area (Å²) in [6.07, 6.45) is 9.35. The molecule has 1 N–H and O–H groups in total. The van der Waals surface area contributed by atoms with Crippen molar-refractivity contribution >= 4 is 5.71 Å². The van der Waals surface area contributed by atoms with Crippen molar-refractivity contribution < 1.29 is 0 Å². The van der Waals surface area contributed by atoms with E-state index >= 15 is 0 Å². The van der Waals surface area contributed by atoms with E-state index in [4.69, 9.17) is 5.41 Å². The number of likely N-dealkylation sites (N-methyl/N-ethyl adjacent to an activating group) is 1. The largest absolute Gasteiger partial charge is 0.305 e. The Morgan fingerprint density at radius 2 is 2.08 bits per heavy atom. The molecule has 0 aromatic carbocycles. The summed E-state index contributed by atoms with van der Waals surface area (Å²) in [7, 11) is 0. The van der Waals surface area contributed by atoms with Crippen LogP contribution < -0.4 is 0 Å². The average molecular weight is 333 g/mol. The molecule has 128 valence electrons. The summed E-state index contributed by atoms with van der Waals surface area (Å²) in [4.78, 5) is 2.29. The lowest BCUT2D eigenvalue weighted by Crippen LogP contribution is -2.56. The molecule has 0 radical (unpaired) electrons. The topological polar surface area (TPSA) is 98.5 Å². The number of allylic oxidation sites excluding steroid dienone is 2. The maximum Gasteiger partial charge on any atom is 0.186 e. The minimum Gasteiger partial charge on any atom is -0.305 e. The average Bonchev–Trinajstić information content (AvgIpc) is 2.67. The van der Waals surface area contributed by atoms with E-state index in [1.807, 2.05) is 0 Å². The molecule has 25 heavy (non-hydrogen) atoms. The quantitative estimate of drug-likeness (QED) is 0.785. The number of hydrogen-bond acceptors (Lipinski definition) is 5. The van der Waals surface area contributed by atoms with Gasteiger partial charge < -0.3 is 5.41 Å². The lowest BCUT2D eigenvalue weighted by Gasteiger charge is -2.50. The van der Waals surface area contributed by atoms with Crippen LogP contribution in [-0.4, -0.2) is 30.2 Å². The van der Waals surface area contributed by atoms with Gasteiger partial charge in [-0.15, -0.1) is 0 Å². The maximum atomic E-state index is 9.96. The van der Waals surface area contributed by atoms with Crippen LogP contribution in [0.1, 0.15) is 26.2 Å². The van der Waals surface area contributed by atoms with E-state index < -0.39 is 11.3 Å². The smallest absolute Gasteiger partial charge is 0.186 e. The number of fused-ring (bicyclic) bond motifs is 1. The van der Waals surface area contributed by atoms with Crippen molar-refractivity contribution in [1.29, 1.82) is 21.2 Å². The van der Waals surface area contributed by atoms with Crippen LogP contribution in [0.3, 0.4) is 0 Å². The molecular formula is C20H23N5. The standard InChI is InChI=1S/C20H23N5/c1-2-25-9-8-15-16(10-21)19(24)20(12-22,13-23)18(17(15)11-25)14-6-4-3-5-7-14/h4,6,8,14,16-18,24H,2-3,5,7,9,11H2,1H3. The van der Waals surface area contributed by atoms with Crippen LogP contribution in [0.2, 0.25) is 0 Å². The van der Waals surface area contributed by atoms with Crippen LogP contribution in [0.15, 0.2) is 23.8 Å². The summed E-state index contributed by atoms with van der Waals surface area (Å²) in [5, 5.41) is 38.2. The number of nitrogens with zero attached hydrogens (tertiary/aromatic N) is 4. The van der Waals surface area contributed by atoms with Crippen molar-refractivity contribution in [2.24, 2.45) is 29.1 Å².